The fraction of sp³-hybridized carbons (Fsp3) is 0.370. The first-order valence-electron chi connectivity index (χ1n) is 20.5. The molecule has 0 radical (unpaired) electrons. The second-order valence-corrected chi connectivity index (χ2v) is 18.2. The minimum absolute atomic E-state index is 0. The van der Waals surface area contributed by atoms with Crippen LogP contribution in [0.1, 0.15) is 82.7 Å². The van der Waals surface area contributed by atoms with E-state index in [9.17, 15) is 33.0 Å². The summed E-state index contributed by atoms with van der Waals surface area (Å²) in [5.74, 6) is -0.700. The Kier molecular flexibility index (Phi) is 20.5. The van der Waals surface area contributed by atoms with Crippen molar-refractivity contribution >= 4 is 88.6 Å². The van der Waals surface area contributed by atoms with Crippen molar-refractivity contribution < 1.29 is 47.6 Å². The van der Waals surface area contributed by atoms with E-state index in [1.165, 1.54) is 94.4 Å². The number of anilines is 2. The first-order chi connectivity index (χ1) is 32.1. The molecule has 7 aromatic rings. The van der Waals surface area contributed by atoms with Gasteiger partial charge in [-0.25, -0.2) is 42.1 Å². The molecule has 0 aliphatic carbocycles. The lowest BCUT2D eigenvalue weighted by Crippen LogP contribution is -2.45. The zero-order valence-electron chi connectivity index (χ0n) is 35.1. The summed E-state index contributed by atoms with van der Waals surface area (Å²) < 4.78 is 59.2. The molecule has 2 aliphatic heterocycles. The van der Waals surface area contributed by atoms with Crippen LogP contribution in [0, 0.1) is 11.6 Å². The molecule has 0 saturated carbocycles. The van der Waals surface area contributed by atoms with Gasteiger partial charge in [-0.05, 0) is 74.5 Å². The highest BCUT2D eigenvalue weighted by Crippen LogP contribution is 2.41. The number of alkyl halides is 2. The number of benzene rings is 2. The molecular formula is C46H54Cl2F4N10O6S2. The number of urea groups is 1. The smallest absolute Gasteiger partial charge is 0.333 e. The Bertz CT molecular complexity index is 2830. The predicted molar refractivity (Wildman–Crippen MR) is 266 cm³/mol. The number of pyridine rings is 2. The molecule has 5 aromatic heterocycles. The van der Waals surface area contributed by atoms with Crippen LogP contribution >= 0.6 is 45.9 Å². The lowest BCUT2D eigenvalue weighted by molar-refractivity contribution is 0.0679. The highest BCUT2D eigenvalue weighted by Gasteiger charge is 2.41. The number of aliphatic hydroxyl groups is 4. The van der Waals surface area contributed by atoms with Gasteiger partial charge in [0.15, 0.2) is 21.6 Å². The SMILES string of the molecule is C.C.C.O=C(Nc1nc2ccc(F)cc2s1)N1CCC(F)(c2ncc([C@H](O)CO)cc2Cl)CC1.O=C(Nc1nc2ccc(F)cc2s1)n1ccnc1.OC[C@@H](O)c1cnc(C2(F)CCNCC2)c(Cl)c1. The van der Waals surface area contributed by atoms with E-state index in [0.717, 1.165) is 11.3 Å². The molecule has 24 heteroatoms. The predicted octanol–water partition coefficient (Wildman–Crippen LogP) is 9.93. The Morgan fingerprint density at radius 2 is 1.19 bits per heavy atom. The van der Waals surface area contributed by atoms with E-state index >= 15 is 4.39 Å². The van der Waals surface area contributed by atoms with Crippen molar-refractivity contribution in [2.75, 3.05) is 50.0 Å². The maximum Gasteiger partial charge on any atom is 0.333 e. The number of aromatic nitrogens is 6. The van der Waals surface area contributed by atoms with Crippen molar-refractivity contribution in [2.45, 2.75) is 71.5 Å². The molecule has 0 bridgehead atoms. The molecule has 2 saturated heterocycles. The average molecular weight is 1050 g/mol. The van der Waals surface area contributed by atoms with E-state index in [1.54, 1.807) is 6.07 Å². The second kappa shape index (κ2) is 25.1. The summed E-state index contributed by atoms with van der Waals surface area (Å²) in [7, 11) is 0. The van der Waals surface area contributed by atoms with Gasteiger partial charge in [-0.2, -0.15) is 0 Å². The molecule has 7 heterocycles. The van der Waals surface area contributed by atoms with Gasteiger partial charge in [0.25, 0.3) is 0 Å². The number of hydrogen-bond donors (Lipinski definition) is 7. The van der Waals surface area contributed by atoms with Gasteiger partial charge in [0.05, 0.1) is 55.1 Å². The van der Waals surface area contributed by atoms with Crippen LogP contribution < -0.4 is 16.0 Å². The number of carbonyl (C=O) groups excluding carboxylic acids is 2. The maximum atomic E-state index is 15.6. The van der Waals surface area contributed by atoms with Crippen molar-refractivity contribution in [3.8, 4) is 0 Å². The molecule has 2 fully saturated rings. The van der Waals surface area contributed by atoms with Crippen molar-refractivity contribution in [3.05, 3.63) is 124 Å². The zero-order chi connectivity index (χ0) is 47.9. The number of halogens is 6. The number of hydrogen-bond acceptors (Lipinski definition) is 14. The molecule has 70 heavy (non-hydrogen) atoms. The monoisotopic (exact) mass is 1050 g/mol. The van der Waals surface area contributed by atoms with E-state index < -0.39 is 42.8 Å². The summed E-state index contributed by atoms with van der Waals surface area (Å²) in [6.45, 7) is 0.556. The molecule has 2 atom stereocenters. The Hall–Kier alpha value is -5.43. The number of likely N-dealkylation sites (tertiary alicyclic amines) is 1. The number of rotatable bonds is 8. The van der Waals surface area contributed by atoms with Crippen LogP contribution in [-0.4, -0.2) is 106 Å². The molecule has 2 aromatic carbocycles. The molecule has 7 N–H and O–H groups in total. The minimum atomic E-state index is -1.82. The highest BCUT2D eigenvalue weighted by atomic mass is 35.5. The number of nitrogens with zero attached hydrogens (tertiary/aromatic N) is 7. The fourth-order valence-electron chi connectivity index (χ4n) is 7.11. The number of imidazole rings is 1. The van der Waals surface area contributed by atoms with E-state index in [0.29, 0.717) is 67.8 Å². The van der Waals surface area contributed by atoms with Gasteiger partial charge >= 0.3 is 12.1 Å². The van der Waals surface area contributed by atoms with Crippen LogP contribution in [0.5, 0.6) is 0 Å². The van der Waals surface area contributed by atoms with Gasteiger partial charge in [0.1, 0.15) is 30.2 Å². The van der Waals surface area contributed by atoms with E-state index in [-0.39, 0.29) is 87.3 Å². The average Bonchev–Trinajstić information content (AvgIpc) is 4.09. The molecule has 16 nitrogen and oxygen atoms in total. The number of carbonyl (C=O) groups is 2. The summed E-state index contributed by atoms with van der Waals surface area (Å²) in [5.41, 5.74) is -1.12. The third-order valence-electron chi connectivity index (χ3n) is 10.8. The van der Waals surface area contributed by atoms with Crippen LogP contribution in [0.4, 0.5) is 37.4 Å². The van der Waals surface area contributed by atoms with Crippen molar-refractivity contribution in [2.24, 2.45) is 0 Å². The van der Waals surface area contributed by atoms with Gasteiger partial charge in [-0.3, -0.25) is 25.2 Å². The lowest BCUT2D eigenvalue weighted by Gasteiger charge is -2.36. The Morgan fingerprint density at radius 3 is 1.61 bits per heavy atom. The Labute approximate surface area is 419 Å². The molecule has 0 spiro atoms. The standard InChI is InChI=1S/C20H19ClF2N4O3S.C12H16ClFN2O2.C11H7FN4OS.3CH4/c21-13-7-11(15(29)10-28)9-24-17(13)20(23)3-5-27(6-4-20)19(30)26-18-25-14-2-1-12(22)8-16(14)31-18;13-9-5-8(10(18)7-17)6-16-11(9)12(14)1-3-15-4-2-12;12-7-1-2-8-9(5-7)18-10(14-8)15-11(17)16-4-3-13-6-16;;;/h1-2,7-9,15,28-29H,3-6,10H2,(H,25,26,30);5-6,10,15,17-18H,1-4,7H2;1-6H,(H,14,15,17);3*1H4/t15-;10-;;;;/m11..../s1. The molecule has 2 aliphatic rings. The van der Waals surface area contributed by atoms with E-state index in [4.69, 9.17) is 33.4 Å². The molecule has 3 amide bonds. The van der Waals surface area contributed by atoms with Gasteiger partial charge in [-0.15, -0.1) is 0 Å². The topological polar surface area (TPSA) is 224 Å². The number of piperidine rings is 2. The molecule has 9 rings (SSSR count). The van der Waals surface area contributed by atoms with Crippen LogP contribution in [0.3, 0.4) is 0 Å². The van der Waals surface area contributed by atoms with Gasteiger partial charge < -0.3 is 30.6 Å². The van der Waals surface area contributed by atoms with Gasteiger partial charge in [0.2, 0.25) is 0 Å². The number of aliphatic hydroxyl groups excluding tert-OH is 4. The fourth-order valence-corrected chi connectivity index (χ4v) is 9.56. The third kappa shape index (κ3) is 13.7. The third-order valence-corrected chi connectivity index (χ3v) is 13.2. The number of nitrogens with one attached hydrogen (secondary N) is 3. The van der Waals surface area contributed by atoms with E-state index in [1.807, 2.05) is 0 Å². The largest absolute Gasteiger partial charge is 0.393 e. The zero-order valence-corrected chi connectivity index (χ0v) is 38.2. The Balaban J connectivity index is 0.000000237. The molecule has 0 unspecified atom stereocenters. The molecule has 378 valence electrons. The number of amides is 3. The minimum Gasteiger partial charge on any atom is -0.393 e. The van der Waals surface area contributed by atoms with Gasteiger partial charge in [0, 0.05) is 61.8 Å². The number of fused-ring (bicyclic) bond motifs is 2. The normalized spacial score (nSPS) is 15.6. The number of thiazole rings is 2. The molecular weight excluding hydrogens is 1000 g/mol. The van der Waals surface area contributed by atoms with Crippen LogP contribution in [0.25, 0.3) is 20.4 Å². The Morgan fingerprint density at radius 1 is 0.729 bits per heavy atom. The van der Waals surface area contributed by atoms with Crippen molar-refractivity contribution in [1.29, 1.82) is 0 Å². The van der Waals surface area contributed by atoms with Crippen LogP contribution in [0.2, 0.25) is 10.0 Å². The summed E-state index contributed by atoms with van der Waals surface area (Å²) in [6.07, 6.45) is 5.58. The summed E-state index contributed by atoms with van der Waals surface area (Å²) >= 11 is 14.6. The quantitative estimate of drug-likeness (QED) is 0.0707. The first-order valence-corrected chi connectivity index (χ1v) is 22.9. The van der Waals surface area contributed by atoms with Crippen molar-refractivity contribution in [3.63, 3.8) is 0 Å². The summed E-state index contributed by atoms with van der Waals surface area (Å²) in [4.78, 5) is 46.1. The lowest BCUT2D eigenvalue weighted by atomic mass is 9.89. The van der Waals surface area contributed by atoms with Crippen LogP contribution in [0.15, 0.2) is 79.6 Å². The van der Waals surface area contributed by atoms with Gasteiger partial charge in [-0.1, -0.05) is 68.2 Å². The van der Waals surface area contributed by atoms with Crippen molar-refractivity contribution in [1.82, 2.24) is 39.7 Å². The van der Waals surface area contributed by atoms with Crippen LogP contribution in [-0.2, 0) is 11.3 Å². The highest BCUT2D eigenvalue weighted by molar-refractivity contribution is 7.22. The van der Waals surface area contributed by atoms with E-state index in [2.05, 4.69) is 40.9 Å². The summed E-state index contributed by atoms with van der Waals surface area (Å²) in [5, 5.41) is 46.4. The maximum absolute atomic E-state index is 15.6. The summed E-state index contributed by atoms with van der Waals surface area (Å²) in [6, 6.07) is 10.6. The second-order valence-electron chi connectivity index (χ2n) is 15.4. The first kappa shape index (κ1) is 57.2.